The van der Waals surface area contributed by atoms with Crippen LogP contribution in [0.15, 0.2) is 18.5 Å². The van der Waals surface area contributed by atoms with Gasteiger partial charge in [-0.1, -0.05) is 11.6 Å². The molecule has 4 aromatic rings. The van der Waals surface area contributed by atoms with Gasteiger partial charge in [0.05, 0.1) is 22.5 Å². The lowest BCUT2D eigenvalue weighted by Crippen LogP contribution is -2.24. The van der Waals surface area contributed by atoms with E-state index in [1.807, 2.05) is 0 Å². The second kappa shape index (κ2) is 5.28. The van der Waals surface area contributed by atoms with Crippen molar-refractivity contribution in [3.63, 3.8) is 0 Å². The van der Waals surface area contributed by atoms with Crippen molar-refractivity contribution in [2.24, 2.45) is 0 Å². The lowest BCUT2D eigenvalue weighted by atomic mass is 10.1. The number of benzene rings is 1. The van der Waals surface area contributed by atoms with E-state index >= 15 is 0 Å². The van der Waals surface area contributed by atoms with E-state index in [9.17, 15) is 17.6 Å². The van der Waals surface area contributed by atoms with Gasteiger partial charge in [0.15, 0.2) is 0 Å². The monoisotopic (exact) mass is 382 g/mol. The normalized spacial score (nSPS) is 13.6. The first kappa shape index (κ1) is 16.5. The van der Waals surface area contributed by atoms with Crippen LogP contribution in [0.3, 0.4) is 0 Å². The smallest absolute Gasteiger partial charge is 0.313 e. The zero-order valence-corrected chi connectivity index (χ0v) is 13.6. The Morgan fingerprint density at radius 3 is 2.65 bits per heavy atom. The molecule has 1 unspecified atom stereocenters. The van der Waals surface area contributed by atoms with Gasteiger partial charge in [-0.25, -0.2) is 4.39 Å². The molecule has 26 heavy (non-hydrogen) atoms. The van der Waals surface area contributed by atoms with Crippen LogP contribution in [0.1, 0.15) is 18.5 Å². The molecule has 1 atom stereocenters. The van der Waals surface area contributed by atoms with Crippen LogP contribution in [0, 0.1) is 17.1 Å². The Balaban J connectivity index is 2.35. The van der Waals surface area contributed by atoms with E-state index < -0.39 is 18.0 Å². The molecular formula is C15H7ClF4N6. The molecule has 0 aliphatic heterocycles. The van der Waals surface area contributed by atoms with E-state index in [0.29, 0.717) is 0 Å². The van der Waals surface area contributed by atoms with Crippen LogP contribution >= 0.6 is 11.6 Å². The van der Waals surface area contributed by atoms with Crippen molar-refractivity contribution in [2.75, 3.05) is 0 Å². The molecule has 6 nitrogen and oxygen atoms in total. The SMILES string of the molecule is CC(n1c2cc(C#N)cc(F)c2c2c(Cl)nc3ncnn3c21)C(F)(F)F. The molecule has 0 N–H and O–H groups in total. The summed E-state index contributed by atoms with van der Waals surface area (Å²) < 4.78 is 57.1. The average molecular weight is 383 g/mol. The number of fused-ring (bicyclic) bond motifs is 5. The molecule has 0 radical (unpaired) electrons. The molecule has 3 heterocycles. The molecule has 3 aromatic heterocycles. The Labute approximate surface area is 147 Å². The lowest BCUT2D eigenvalue weighted by molar-refractivity contribution is -0.161. The highest BCUT2D eigenvalue weighted by atomic mass is 35.5. The van der Waals surface area contributed by atoms with Crippen molar-refractivity contribution < 1.29 is 17.6 Å². The molecule has 0 saturated carbocycles. The minimum atomic E-state index is -4.64. The van der Waals surface area contributed by atoms with E-state index in [1.165, 1.54) is 6.07 Å². The quantitative estimate of drug-likeness (QED) is 0.368. The van der Waals surface area contributed by atoms with Crippen LogP contribution in [-0.2, 0) is 0 Å². The maximum Gasteiger partial charge on any atom is 0.408 e. The molecule has 4 rings (SSSR count). The first-order chi connectivity index (χ1) is 12.2. The summed E-state index contributed by atoms with van der Waals surface area (Å²) in [5, 5.41) is 12.6. The summed E-state index contributed by atoms with van der Waals surface area (Å²) in [6, 6.07) is 1.81. The summed E-state index contributed by atoms with van der Waals surface area (Å²) >= 11 is 6.13. The highest BCUT2D eigenvalue weighted by Crippen LogP contribution is 2.41. The summed E-state index contributed by atoms with van der Waals surface area (Å²) in [7, 11) is 0. The third-order valence-corrected chi connectivity index (χ3v) is 4.43. The number of hydrogen-bond acceptors (Lipinski definition) is 4. The van der Waals surface area contributed by atoms with Gasteiger partial charge in [-0.05, 0) is 19.1 Å². The van der Waals surface area contributed by atoms with Gasteiger partial charge in [0.25, 0.3) is 5.78 Å². The molecule has 0 aliphatic carbocycles. The zero-order valence-electron chi connectivity index (χ0n) is 12.9. The predicted octanol–water partition coefficient (Wildman–Crippen LogP) is 4.02. The number of hydrogen-bond donors (Lipinski definition) is 0. The van der Waals surface area contributed by atoms with Crippen LogP contribution in [0.4, 0.5) is 17.6 Å². The fourth-order valence-electron chi connectivity index (χ4n) is 2.99. The van der Waals surface area contributed by atoms with Crippen molar-refractivity contribution in [3.05, 3.63) is 35.0 Å². The van der Waals surface area contributed by atoms with Gasteiger partial charge in [0, 0.05) is 5.39 Å². The fourth-order valence-corrected chi connectivity index (χ4v) is 3.24. The third kappa shape index (κ3) is 2.13. The predicted molar refractivity (Wildman–Crippen MR) is 84.2 cm³/mol. The highest BCUT2D eigenvalue weighted by molar-refractivity contribution is 6.36. The van der Waals surface area contributed by atoms with Crippen LogP contribution in [0.2, 0.25) is 5.15 Å². The maximum atomic E-state index is 14.7. The molecule has 11 heteroatoms. The summed E-state index contributed by atoms with van der Waals surface area (Å²) in [6.07, 6.45) is -3.53. The molecule has 132 valence electrons. The van der Waals surface area contributed by atoms with Crippen LogP contribution < -0.4 is 0 Å². The zero-order chi connectivity index (χ0) is 18.8. The molecule has 1 aromatic carbocycles. The first-order valence-electron chi connectivity index (χ1n) is 7.23. The molecule has 0 amide bonds. The minimum absolute atomic E-state index is 0.0261. The number of halogens is 5. The fraction of sp³-hybridized carbons (Fsp3) is 0.200. The van der Waals surface area contributed by atoms with Gasteiger partial charge in [0.1, 0.15) is 29.0 Å². The second-order valence-electron chi connectivity index (χ2n) is 5.62. The Bertz CT molecular complexity index is 1230. The average Bonchev–Trinajstić information content (AvgIpc) is 3.15. The third-order valence-electron chi connectivity index (χ3n) is 4.16. The molecule has 0 bridgehead atoms. The van der Waals surface area contributed by atoms with Crippen LogP contribution in [0.25, 0.3) is 27.7 Å². The Kier molecular flexibility index (Phi) is 3.36. The number of nitrogens with zero attached hydrogens (tertiary/aromatic N) is 6. The largest absolute Gasteiger partial charge is 0.408 e. The van der Waals surface area contributed by atoms with Gasteiger partial charge in [-0.15, -0.1) is 0 Å². The molecule has 0 saturated heterocycles. The Morgan fingerprint density at radius 1 is 1.27 bits per heavy atom. The van der Waals surface area contributed by atoms with Crippen molar-refractivity contribution in [2.45, 2.75) is 19.1 Å². The van der Waals surface area contributed by atoms with Gasteiger partial charge >= 0.3 is 6.18 Å². The molecular weight excluding hydrogens is 376 g/mol. The van der Waals surface area contributed by atoms with Crippen molar-refractivity contribution in [1.29, 1.82) is 5.26 Å². The van der Waals surface area contributed by atoms with Gasteiger partial charge in [-0.2, -0.15) is 38.0 Å². The summed E-state index contributed by atoms with van der Waals surface area (Å²) in [5.41, 5.74) is -0.355. The minimum Gasteiger partial charge on any atom is -0.313 e. The van der Waals surface area contributed by atoms with E-state index in [0.717, 1.165) is 28.4 Å². The van der Waals surface area contributed by atoms with Crippen molar-refractivity contribution in [3.8, 4) is 6.07 Å². The summed E-state index contributed by atoms with van der Waals surface area (Å²) in [4.78, 5) is 7.80. The van der Waals surface area contributed by atoms with E-state index in [1.54, 1.807) is 6.07 Å². The van der Waals surface area contributed by atoms with Crippen molar-refractivity contribution >= 4 is 39.3 Å². The lowest BCUT2D eigenvalue weighted by Gasteiger charge is -2.19. The molecule has 0 aliphatic rings. The second-order valence-corrected chi connectivity index (χ2v) is 5.98. The van der Waals surface area contributed by atoms with Crippen molar-refractivity contribution in [1.82, 2.24) is 24.1 Å². The van der Waals surface area contributed by atoms with Gasteiger partial charge in [-0.3, -0.25) is 0 Å². The van der Waals surface area contributed by atoms with Gasteiger partial charge in [0.2, 0.25) is 0 Å². The summed E-state index contributed by atoms with van der Waals surface area (Å²) in [6.45, 7) is 0.924. The van der Waals surface area contributed by atoms with E-state index in [2.05, 4.69) is 15.1 Å². The first-order valence-corrected chi connectivity index (χ1v) is 7.61. The topological polar surface area (TPSA) is 71.8 Å². The maximum absolute atomic E-state index is 14.7. The van der Waals surface area contributed by atoms with E-state index in [-0.39, 0.29) is 38.4 Å². The number of aromatic nitrogens is 5. The number of alkyl halides is 3. The van der Waals surface area contributed by atoms with Crippen LogP contribution in [-0.4, -0.2) is 30.3 Å². The standard InChI is InChI=1S/C15H7ClF4N6/c1-6(15(18,19)20)25-9-3-7(4-21)2-8(17)10(9)11-12(16)24-14-22-5-23-26(14)13(11)25/h2-3,5-6H,1H3. The highest BCUT2D eigenvalue weighted by Gasteiger charge is 2.40. The van der Waals surface area contributed by atoms with Gasteiger partial charge < -0.3 is 4.57 Å². The number of nitriles is 1. The van der Waals surface area contributed by atoms with Crippen LogP contribution in [0.5, 0.6) is 0 Å². The molecule has 0 fully saturated rings. The number of rotatable bonds is 1. The van der Waals surface area contributed by atoms with E-state index in [4.69, 9.17) is 16.9 Å². The molecule has 0 spiro atoms. The Hall–Kier alpha value is -2.93. The summed E-state index contributed by atoms with van der Waals surface area (Å²) in [5.74, 6) is -0.901. The Morgan fingerprint density at radius 2 is 2.00 bits per heavy atom.